The van der Waals surface area contributed by atoms with Gasteiger partial charge in [-0.2, -0.15) is 0 Å². The number of aliphatic hydroxyl groups excluding tert-OH is 1. The lowest BCUT2D eigenvalue weighted by Gasteiger charge is -2.13. The fraction of sp³-hybridized carbons (Fsp3) is 0.571. The van der Waals surface area contributed by atoms with Crippen molar-refractivity contribution >= 4 is 0 Å². The van der Waals surface area contributed by atoms with Crippen LogP contribution in [0.2, 0.25) is 0 Å². The average molecular weight is 238 g/mol. The molecule has 0 saturated heterocycles. The molecule has 96 valence electrons. The predicted molar refractivity (Wildman–Crippen MR) is 68.3 cm³/mol. The van der Waals surface area contributed by atoms with Crippen molar-refractivity contribution in [2.45, 2.75) is 26.4 Å². The average Bonchev–Trinajstić information content (AvgIpc) is 2.29. The summed E-state index contributed by atoms with van der Waals surface area (Å²) in [5.74, 6) is 0. The zero-order chi connectivity index (χ0) is 12.7. The van der Waals surface area contributed by atoms with E-state index >= 15 is 0 Å². The maximum Gasteiger partial charge on any atom is 0.0814 e. The number of rotatable bonds is 7. The molecule has 0 bridgehead atoms. The van der Waals surface area contributed by atoms with E-state index in [1.54, 1.807) is 7.11 Å². The second kappa shape index (κ2) is 7.43. The monoisotopic (exact) mass is 238 g/mol. The number of aliphatic hydroxyl groups is 1. The Morgan fingerprint density at radius 2 is 2.00 bits per heavy atom. The van der Waals surface area contributed by atoms with Crippen LogP contribution in [-0.2, 0) is 15.9 Å². The smallest absolute Gasteiger partial charge is 0.0814 e. The van der Waals surface area contributed by atoms with Gasteiger partial charge >= 0.3 is 0 Å². The first-order valence-corrected chi connectivity index (χ1v) is 5.94. The van der Waals surface area contributed by atoms with Gasteiger partial charge in [0, 0.05) is 13.5 Å². The summed E-state index contributed by atoms with van der Waals surface area (Å²) < 4.78 is 10.2. The summed E-state index contributed by atoms with van der Waals surface area (Å²) in [6.45, 7) is 5.57. The van der Waals surface area contributed by atoms with Gasteiger partial charge in [-0.3, -0.25) is 0 Å². The number of ether oxygens (including phenoxy) is 2. The minimum atomic E-state index is -0.452. The van der Waals surface area contributed by atoms with Crippen molar-refractivity contribution in [1.82, 2.24) is 0 Å². The molecule has 3 nitrogen and oxygen atoms in total. The lowest BCUT2D eigenvalue weighted by molar-refractivity contribution is 0.0136. The van der Waals surface area contributed by atoms with E-state index in [4.69, 9.17) is 9.47 Å². The molecule has 17 heavy (non-hydrogen) atoms. The molecule has 3 heteroatoms. The molecule has 0 saturated carbocycles. The maximum atomic E-state index is 9.85. The molecule has 1 atom stereocenters. The lowest BCUT2D eigenvalue weighted by Crippen LogP contribution is -2.20. The first-order chi connectivity index (χ1) is 8.13. The van der Waals surface area contributed by atoms with Gasteiger partial charge in [-0.05, 0) is 25.0 Å². The highest BCUT2D eigenvalue weighted by Crippen LogP contribution is 2.13. The van der Waals surface area contributed by atoms with Crippen LogP contribution in [0.3, 0.4) is 0 Å². The molecular formula is C14H22O3. The van der Waals surface area contributed by atoms with Crippen LogP contribution < -0.4 is 0 Å². The molecule has 0 fully saturated rings. The van der Waals surface area contributed by atoms with E-state index in [0.717, 1.165) is 0 Å². The summed E-state index contributed by atoms with van der Waals surface area (Å²) in [4.78, 5) is 0. The molecule has 0 aromatic heterocycles. The Hall–Kier alpha value is -0.900. The maximum absolute atomic E-state index is 9.85. The summed E-state index contributed by atoms with van der Waals surface area (Å²) >= 11 is 0. The number of methoxy groups -OCH3 is 1. The Bertz CT molecular complexity index is 336. The Morgan fingerprint density at radius 3 is 2.71 bits per heavy atom. The second-order valence-electron chi connectivity index (χ2n) is 4.36. The van der Waals surface area contributed by atoms with Gasteiger partial charge in [0.25, 0.3) is 0 Å². The topological polar surface area (TPSA) is 38.7 Å². The molecule has 0 aliphatic rings. The van der Waals surface area contributed by atoms with E-state index in [1.165, 1.54) is 16.7 Å². The second-order valence-corrected chi connectivity index (χ2v) is 4.36. The quantitative estimate of drug-likeness (QED) is 0.737. The normalized spacial score (nSPS) is 12.7. The van der Waals surface area contributed by atoms with E-state index in [0.29, 0.717) is 26.2 Å². The number of benzene rings is 1. The number of hydrogen-bond acceptors (Lipinski definition) is 3. The van der Waals surface area contributed by atoms with E-state index in [-0.39, 0.29) is 0 Å². The van der Waals surface area contributed by atoms with E-state index in [2.05, 4.69) is 32.0 Å². The van der Waals surface area contributed by atoms with Gasteiger partial charge in [0.05, 0.1) is 25.9 Å². The van der Waals surface area contributed by atoms with Gasteiger partial charge in [-0.1, -0.05) is 23.8 Å². The van der Waals surface area contributed by atoms with Gasteiger partial charge in [0.2, 0.25) is 0 Å². The van der Waals surface area contributed by atoms with Crippen molar-refractivity contribution in [2.75, 3.05) is 26.9 Å². The molecule has 0 spiro atoms. The highest BCUT2D eigenvalue weighted by molar-refractivity contribution is 5.30. The minimum absolute atomic E-state index is 0.358. The van der Waals surface area contributed by atoms with Crippen LogP contribution >= 0.6 is 0 Å². The molecule has 0 amide bonds. The first-order valence-electron chi connectivity index (χ1n) is 5.94. The largest absolute Gasteiger partial charge is 0.390 e. The molecule has 1 unspecified atom stereocenters. The lowest BCUT2D eigenvalue weighted by atomic mass is 10.0. The van der Waals surface area contributed by atoms with Crippen LogP contribution in [0.15, 0.2) is 18.2 Å². The molecule has 0 aliphatic carbocycles. The van der Waals surface area contributed by atoms with Crippen LogP contribution in [0.5, 0.6) is 0 Å². The summed E-state index contributed by atoms with van der Waals surface area (Å²) in [7, 11) is 1.63. The molecule has 0 heterocycles. The van der Waals surface area contributed by atoms with Crippen LogP contribution in [0.4, 0.5) is 0 Å². The summed E-state index contributed by atoms with van der Waals surface area (Å²) in [5.41, 5.74) is 3.62. The molecule has 1 aromatic carbocycles. The molecular weight excluding hydrogens is 216 g/mol. The third-order valence-electron chi connectivity index (χ3n) is 2.70. The summed E-state index contributed by atoms with van der Waals surface area (Å²) in [5, 5.41) is 9.85. The molecule has 0 aliphatic heterocycles. The van der Waals surface area contributed by atoms with E-state index < -0.39 is 6.10 Å². The third-order valence-corrected chi connectivity index (χ3v) is 2.70. The fourth-order valence-corrected chi connectivity index (χ4v) is 1.69. The summed E-state index contributed by atoms with van der Waals surface area (Å²) in [6, 6.07) is 6.29. The molecule has 1 aromatic rings. The Balaban J connectivity index is 2.39. The predicted octanol–water partition coefficient (Wildman–Crippen LogP) is 1.87. The Labute approximate surface area is 103 Å². The van der Waals surface area contributed by atoms with Crippen molar-refractivity contribution in [3.05, 3.63) is 34.9 Å². The van der Waals surface area contributed by atoms with Crippen LogP contribution in [0, 0.1) is 13.8 Å². The minimum Gasteiger partial charge on any atom is -0.390 e. The van der Waals surface area contributed by atoms with E-state index in [9.17, 15) is 5.11 Å². The van der Waals surface area contributed by atoms with Gasteiger partial charge in [0.1, 0.15) is 0 Å². The SMILES string of the molecule is COCCOCC(O)Cc1cc(C)ccc1C. The highest BCUT2D eigenvalue weighted by Gasteiger charge is 2.08. The van der Waals surface area contributed by atoms with Crippen LogP contribution in [-0.4, -0.2) is 38.1 Å². The van der Waals surface area contributed by atoms with Crippen molar-refractivity contribution in [3.8, 4) is 0 Å². The zero-order valence-corrected chi connectivity index (χ0v) is 10.9. The third kappa shape index (κ3) is 5.31. The van der Waals surface area contributed by atoms with Crippen molar-refractivity contribution in [3.63, 3.8) is 0 Å². The van der Waals surface area contributed by atoms with Gasteiger partial charge < -0.3 is 14.6 Å². The standard InChI is InChI=1S/C14H22O3/c1-11-4-5-12(2)13(8-11)9-14(15)10-17-7-6-16-3/h4-5,8,14-15H,6-7,9-10H2,1-3H3. The van der Waals surface area contributed by atoms with Crippen LogP contribution in [0.25, 0.3) is 0 Å². The van der Waals surface area contributed by atoms with E-state index in [1.807, 2.05) is 0 Å². The first kappa shape index (κ1) is 14.2. The Kier molecular flexibility index (Phi) is 6.19. The number of hydrogen-bond donors (Lipinski definition) is 1. The van der Waals surface area contributed by atoms with Gasteiger partial charge in [-0.15, -0.1) is 0 Å². The van der Waals surface area contributed by atoms with Crippen molar-refractivity contribution in [2.24, 2.45) is 0 Å². The van der Waals surface area contributed by atoms with Gasteiger partial charge in [-0.25, -0.2) is 0 Å². The van der Waals surface area contributed by atoms with Gasteiger partial charge in [0.15, 0.2) is 0 Å². The molecule has 1 rings (SSSR count). The molecule has 0 radical (unpaired) electrons. The fourth-order valence-electron chi connectivity index (χ4n) is 1.69. The van der Waals surface area contributed by atoms with Crippen LogP contribution in [0.1, 0.15) is 16.7 Å². The molecule has 1 N–H and O–H groups in total. The van der Waals surface area contributed by atoms with Crippen molar-refractivity contribution in [1.29, 1.82) is 0 Å². The summed E-state index contributed by atoms with van der Waals surface area (Å²) in [6.07, 6.45) is 0.188. The zero-order valence-electron chi connectivity index (χ0n) is 10.9. The highest BCUT2D eigenvalue weighted by atomic mass is 16.5. The van der Waals surface area contributed by atoms with Crippen molar-refractivity contribution < 1.29 is 14.6 Å². The number of aryl methyl sites for hydroxylation is 2. The Morgan fingerprint density at radius 1 is 1.24 bits per heavy atom.